The van der Waals surface area contributed by atoms with Crippen LogP contribution in [0.5, 0.6) is 0 Å². The highest BCUT2D eigenvalue weighted by molar-refractivity contribution is 5.42. The lowest BCUT2D eigenvalue weighted by Crippen LogP contribution is -2.29. The number of anilines is 1. The first-order valence-corrected chi connectivity index (χ1v) is 7.11. The molecule has 0 radical (unpaired) electrons. The molecular weight excluding hydrogens is 224 g/mol. The Morgan fingerprint density at radius 3 is 2.39 bits per heavy atom. The molecule has 3 rings (SSSR count). The Morgan fingerprint density at radius 2 is 1.89 bits per heavy atom. The van der Waals surface area contributed by atoms with Crippen molar-refractivity contribution in [2.45, 2.75) is 38.7 Å². The summed E-state index contributed by atoms with van der Waals surface area (Å²) in [5.41, 5.74) is 0.969. The molecule has 0 spiro atoms. The molecule has 2 saturated carbocycles. The third-order valence-electron chi connectivity index (χ3n) is 3.93. The molecule has 0 aliphatic heterocycles. The fourth-order valence-corrected chi connectivity index (χ4v) is 2.35. The van der Waals surface area contributed by atoms with E-state index in [1.807, 2.05) is 19.2 Å². The van der Waals surface area contributed by atoms with Gasteiger partial charge in [0, 0.05) is 19.3 Å². The van der Waals surface area contributed by atoms with Crippen molar-refractivity contribution in [1.82, 2.24) is 4.98 Å². The molecule has 0 saturated heterocycles. The van der Waals surface area contributed by atoms with E-state index in [0.717, 1.165) is 36.3 Å². The number of aliphatic hydroxyl groups excluding tert-OH is 1. The summed E-state index contributed by atoms with van der Waals surface area (Å²) in [5.74, 6) is 2.80. The second-order valence-electron chi connectivity index (χ2n) is 5.92. The third-order valence-corrected chi connectivity index (χ3v) is 3.93. The largest absolute Gasteiger partial charge is 0.389 e. The molecule has 0 aromatic carbocycles. The zero-order valence-electron chi connectivity index (χ0n) is 11.0. The zero-order valence-corrected chi connectivity index (χ0v) is 11.0. The Bertz CT molecular complexity index is 397. The molecule has 98 valence electrons. The molecule has 3 nitrogen and oxygen atoms in total. The molecule has 2 aliphatic rings. The molecular formula is C15H22N2O. The van der Waals surface area contributed by atoms with Gasteiger partial charge >= 0.3 is 0 Å². The summed E-state index contributed by atoms with van der Waals surface area (Å²) >= 11 is 0. The van der Waals surface area contributed by atoms with Crippen molar-refractivity contribution in [3.8, 4) is 0 Å². The first kappa shape index (κ1) is 12.0. The number of hydrogen-bond acceptors (Lipinski definition) is 3. The van der Waals surface area contributed by atoms with Gasteiger partial charge in [-0.2, -0.15) is 0 Å². The Morgan fingerprint density at radius 1 is 1.28 bits per heavy atom. The van der Waals surface area contributed by atoms with Gasteiger partial charge in [0.25, 0.3) is 0 Å². The molecule has 1 aromatic rings. The summed E-state index contributed by atoms with van der Waals surface area (Å²) < 4.78 is 0. The number of aliphatic hydroxyl groups is 1. The Kier molecular flexibility index (Phi) is 3.25. The van der Waals surface area contributed by atoms with Crippen LogP contribution >= 0.6 is 0 Å². The number of pyridine rings is 1. The Hall–Kier alpha value is -1.09. The van der Waals surface area contributed by atoms with Gasteiger partial charge in [0.05, 0.1) is 6.10 Å². The predicted octanol–water partition coefficient (Wildman–Crippen LogP) is 2.76. The van der Waals surface area contributed by atoms with Gasteiger partial charge in [-0.15, -0.1) is 0 Å². The highest BCUT2D eigenvalue weighted by Gasteiger charge is 2.29. The van der Waals surface area contributed by atoms with Gasteiger partial charge in [0.15, 0.2) is 0 Å². The molecule has 2 fully saturated rings. The van der Waals surface area contributed by atoms with Crippen LogP contribution in [0.15, 0.2) is 18.3 Å². The Balaban J connectivity index is 1.75. The quantitative estimate of drug-likeness (QED) is 0.838. The fourth-order valence-electron chi connectivity index (χ4n) is 2.35. The average Bonchev–Trinajstić information content (AvgIpc) is 3.23. The average molecular weight is 246 g/mol. The SMILES string of the molecule is CC(O)c1ccnc(N(CC2CC2)CC2CC2)c1. The van der Waals surface area contributed by atoms with Gasteiger partial charge < -0.3 is 10.0 Å². The number of rotatable bonds is 6. The normalized spacial score (nSPS) is 20.8. The number of aromatic nitrogens is 1. The molecule has 3 heteroatoms. The van der Waals surface area contributed by atoms with E-state index < -0.39 is 6.10 Å². The summed E-state index contributed by atoms with van der Waals surface area (Å²) in [4.78, 5) is 6.93. The lowest BCUT2D eigenvalue weighted by atomic mass is 10.1. The summed E-state index contributed by atoms with van der Waals surface area (Å²) in [6.07, 6.45) is 6.91. The van der Waals surface area contributed by atoms with E-state index >= 15 is 0 Å². The van der Waals surface area contributed by atoms with Crippen LogP contribution in [0.2, 0.25) is 0 Å². The van der Waals surface area contributed by atoms with E-state index in [0.29, 0.717) is 0 Å². The molecule has 2 aliphatic carbocycles. The highest BCUT2D eigenvalue weighted by atomic mass is 16.3. The molecule has 1 unspecified atom stereocenters. The maximum absolute atomic E-state index is 9.67. The van der Waals surface area contributed by atoms with Gasteiger partial charge in [-0.1, -0.05) is 0 Å². The van der Waals surface area contributed by atoms with Crippen LogP contribution in [-0.4, -0.2) is 23.2 Å². The third kappa shape index (κ3) is 3.02. The maximum Gasteiger partial charge on any atom is 0.128 e. The van der Waals surface area contributed by atoms with Crippen molar-refractivity contribution in [2.24, 2.45) is 11.8 Å². The van der Waals surface area contributed by atoms with E-state index in [9.17, 15) is 5.11 Å². The minimum atomic E-state index is -0.407. The fraction of sp³-hybridized carbons (Fsp3) is 0.667. The van der Waals surface area contributed by atoms with Crippen LogP contribution in [0.1, 0.15) is 44.3 Å². The van der Waals surface area contributed by atoms with E-state index in [1.165, 1.54) is 25.7 Å². The molecule has 18 heavy (non-hydrogen) atoms. The van der Waals surface area contributed by atoms with Crippen LogP contribution in [0.3, 0.4) is 0 Å². The molecule has 1 atom stereocenters. The first-order valence-electron chi connectivity index (χ1n) is 7.11. The van der Waals surface area contributed by atoms with Crippen molar-refractivity contribution >= 4 is 5.82 Å². The van der Waals surface area contributed by atoms with Gasteiger partial charge in [0.1, 0.15) is 5.82 Å². The van der Waals surface area contributed by atoms with Crippen LogP contribution in [-0.2, 0) is 0 Å². The number of nitrogens with zero attached hydrogens (tertiary/aromatic N) is 2. The minimum absolute atomic E-state index is 0.407. The van der Waals surface area contributed by atoms with E-state index in [1.54, 1.807) is 0 Å². The lowest BCUT2D eigenvalue weighted by Gasteiger charge is -2.24. The van der Waals surface area contributed by atoms with Gasteiger partial charge in [-0.3, -0.25) is 0 Å². The number of hydrogen-bond donors (Lipinski definition) is 1. The van der Waals surface area contributed by atoms with Crippen molar-refractivity contribution in [2.75, 3.05) is 18.0 Å². The summed E-state index contributed by atoms with van der Waals surface area (Å²) in [7, 11) is 0. The second-order valence-corrected chi connectivity index (χ2v) is 5.92. The highest BCUT2D eigenvalue weighted by Crippen LogP contribution is 2.35. The molecule has 1 heterocycles. The van der Waals surface area contributed by atoms with Crippen LogP contribution in [0.4, 0.5) is 5.82 Å². The molecule has 1 N–H and O–H groups in total. The summed E-state index contributed by atoms with van der Waals surface area (Å²) in [6, 6.07) is 3.95. The van der Waals surface area contributed by atoms with Gasteiger partial charge in [0.2, 0.25) is 0 Å². The van der Waals surface area contributed by atoms with Crippen molar-refractivity contribution in [3.63, 3.8) is 0 Å². The van der Waals surface area contributed by atoms with Crippen LogP contribution in [0.25, 0.3) is 0 Å². The van der Waals surface area contributed by atoms with E-state index in [2.05, 4.69) is 16.0 Å². The maximum atomic E-state index is 9.67. The van der Waals surface area contributed by atoms with Gasteiger partial charge in [-0.25, -0.2) is 4.98 Å². The second kappa shape index (κ2) is 4.88. The summed E-state index contributed by atoms with van der Waals surface area (Å²) in [5, 5.41) is 9.67. The van der Waals surface area contributed by atoms with Crippen molar-refractivity contribution in [3.05, 3.63) is 23.9 Å². The standard InChI is InChI=1S/C15H22N2O/c1-11(18)14-6-7-16-15(8-14)17(9-12-2-3-12)10-13-4-5-13/h6-8,11-13,18H,2-5,9-10H2,1H3. The molecule has 0 bridgehead atoms. The first-order chi connectivity index (χ1) is 8.72. The van der Waals surface area contributed by atoms with Crippen LogP contribution < -0.4 is 4.90 Å². The topological polar surface area (TPSA) is 36.4 Å². The monoisotopic (exact) mass is 246 g/mol. The van der Waals surface area contributed by atoms with Crippen molar-refractivity contribution in [1.29, 1.82) is 0 Å². The smallest absolute Gasteiger partial charge is 0.128 e. The molecule has 0 amide bonds. The zero-order chi connectivity index (χ0) is 12.5. The van der Waals surface area contributed by atoms with E-state index in [-0.39, 0.29) is 0 Å². The lowest BCUT2D eigenvalue weighted by molar-refractivity contribution is 0.199. The Labute approximate surface area is 109 Å². The van der Waals surface area contributed by atoms with Crippen LogP contribution in [0, 0.1) is 11.8 Å². The van der Waals surface area contributed by atoms with Gasteiger partial charge in [-0.05, 0) is 62.1 Å². The van der Waals surface area contributed by atoms with Crippen molar-refractivity contribution < 1.29 is 5.11 Å². The van der Waals surface area contributed by atoms with E-state index in [4.69, 9.17) is 0 Å². The molecule has 1 aromatic heterocycles. The predicted molar refractivity (Wildman–Crippen MR) is 72.5 cm³/mol. The summed E-state index contributed by atoms with van der Waals surface area (Å²) in [6.45, 7) is 4.10. The minimum Gasteiger partial charge on any atom is -0.389 e.